The summed E-state index contributed by atoms with van der Waals surface area (Å²) in [4.78, 5) is 0. The molecular formula is C18H29N. The molecule has 1 aromatic carbocycles. The van der Waals surface area contributed by atoms with Crippen molar-refractivity contribution in [1.82, 2.24) is 5.32 Å². The summed E-state index contributed by atoms with van der Waals surface area (Å²) < 4.78 is 0. The van der Waals surface area contributed by atoms with Gasteiger partial charge in [0, 0.05) is 12.0 Å². The van der Waals surface area contributed by atoms with Crippen LogP contribution in [0.5, 0.6) is 0 Å². The normalized spacial score (nSPS) is 14.2. The Labute approximate surface area is 119 Å². The third-order valence-electron chi connectivity index (χ3n) is 3.87. The third-order valence-corrected chi connectivity index (χ3v) is 3.87. The third kappa shape index (κ3) is 4.50. The molecule has 106 valence electrons. The summed E-state index contributed by atoms with van der Waals surface area (Å²) in [5.41, 5.74) is 5.76. The molecule has 0 fully saturated rings. The van der Waals surface area contributed by atoms with Gasteiger partial charge in [0.2, 0.25) is 0 Å². The summed E-state index contributed by atoms with van der Waals surface area (Å²) in [7, 11) is 0. The SMILES string of the molecule is C=CC(C)(CNCCC)Cc1c(C)cc(C)cc1C. The van der Waals surface area contributed by atoms with Gasteiger partial charge in [-0.15, -0.1) is 6.58 Å². The van der Waals surface area contributed by atoms with Gasteiger partial charge in [0.05, 0.1) is 0 Å². The second-order valence-corrected chi connectivity index (χ2v) is 6.09. The van der Waals surface area contributed by atoms with Gasteiger partial charge in [0.15, 0.2) is 0 Å². The molecule has 0 amide bonds. The highest BCUT2D eigenvalue weighted by molar-refractivity contribution is 5.38. The van der Waals surface area contributed by atoms with Gasteiger partial charge in [-0.2, -0.15) is 0 Å². The van der Waals surface area contributed by atoms with Crippen molar-refractivity contribution in [1.29, 1.82) is 0 Å². The summed E-state index contributed by atoms with van der Waals surface area (Å²) in [5, 5.41) is 3.53. The molecule has 0 aliphatic rings. The molecule has 1 nitrogen and oxygen atoms in total. The van der Waals surface area contributed by atoms with Gasteiger partial charge in [0.25, 0.3) is 0 Å². The van der Waals surface area contributed by atoms with E-state index in [1.165, 1.54) is 28.7 Å². The molecule has 0 saturated heterocycles. The second kappa shape index (κ2) is 6.91. The lowest BCUT2D eigenvalue weighted by atomic mass is 9.80. The van der Waals surface area contributed by atoms with Crippen LogP contribution < -0.4 is 5.32 Å². The first-order valence-electron chi connectivity index (χ1n) is 7.33. The number of aryl methyl sites for hydroxylation is 3. The minimum Gasteiger partial charge on any atom is -0.316 e. The van der Waals surface area contributed by atoms with Crippen molar-refractivity contribution in [2.75, 3.05) is 13.1 Å². The molecular weight excluding hydrogens is 230 g/mol. The molecule has 0 bridgehead atoms. The van der Waals surface area contributed by atoms with Crippen molar-refractivity contribution in [3.8, 4) is 0 Å². The average molecular weight is 259 g/mol. The van der Waals surface area contributed by atoms with E-state index in [9.17, 15) is 0 Å². The van der Waals surface area contributed by atoms with Crippen LogP contribution in [0.4, 0.5) is 0 Å². The predicted molar refractivity (Wildman–Crippen MR) is 85.8 cm³/mol. The molecule has 0 heterocycles. The van der Waals surface area contributed by atoms with E-state index in [0.29, 0.717) is 0 Å². The number of rotatable bonds is 7. The fraction of sp³-hybridized carbons (Fsp3) is 0.556. The largest absolute Gasteiger partial charge is 0.316 e. The van der Waals surface area contributed by atoms with Gasteiger partial charge in [-0.05, 0) is 56.8 Å². The van der Waals surface area contributed by atoms with E-state index in [0.717, 1.165) is 19.5 Å². The van der Waals surface area contributed by atoms with Crippen LogP contribution in [-0.2, 0) is 6.42 Å². The summed E-state index contributed by atoms with van der Waals surface area (Å²) in [6.07, 6.45) is 4.34. The fourth-order valence-electron chi connectivity index (χ4n) is 2.65. The lowest BCUT2D eigenvalue weighted by Crippen LogP contribution is -2.32. The van der Waals surface area contributed by atoms with Crippen LogP contribution in [0.25, 0.3) is 0 Å². The Morgan fingerprint density at radius 2 is 1.79 bits per heavy atom. The Bertz CT molecular complexity index is 410. The quantitative estimate of drug-likeness (QED) is 0.567. The molecule has 1 aromatic rings. The zero-order chi connectivity index (χ0) is 14.5. The van der Waals surface area contributed by atoms with Gasteiger partial charge < -0.3 is 5.32 Å². The molecule has 1 heteroatoms. The van der Waals surface area contributed by atoms with Gasteiger partial charge in [-0.25, -0.2) is 0 Å². The molecule has 0 saturated carbocycles. The Balaban J connectivity index is 2.89. The Morgan fingerprint density at radius 3 is 2.26 bits per heavy atom. The molecule has 0 aliphatic heterocycles. The monoisotopic (exact) mass is 259 g/mol. The van der Waals surface area contributed by atoms with E-state index in [-0.39, 0.29) is 5.41 Å². The summed E-state index contributed by atoms with van der Waals surface area (Å²) >= 11 is 0. The Hall–Kier alpha value is -1.08. The number of hydrogen-bond donors (Lipinski definition) is 1. The van der Waals surface area contributed by atoms with Crippen molar-refractivity contribution in [2.24, 2.45) is 5.41 Å². The smallest absolute Gasteiger partial charge is 0.00430 e. The van der Waals surface area contributed by atoms with Gasteiger partial charge >= 0.3 is 0 Å². The van der Waals surface area contributed by atoms with E-state index < -0.39 is 0 Å². The zero-order valence-corrected chi connectivity index (χ0v) is 13.3. The van der Waals surface area contributed by atoms with Crippen LogP contribution in [0.15, 0.2) is 24.8 Å². The fourth-order valence-corrected chi connectivity index (χ4v) is 2.65. The number of nitrogens with one attached hydrogen (secondary N) is 1. The van der Waals surface area contributed by atoms with Crippen molar-refractivity contribution in [3.05, 3.63) is 47.0 Å². The predicted octanol–water partition coefficient (Wildman–Crippen LogP) is 4.35. The van der Waals surface area contributed by atoms with Crippen LogP contribution in [0.1, 0.15) is 42.5 Å². The van der Waals surface area contributed by atoms with Gasteiger partial charge in [-0.3, -0.25) is 0 Å². The number of hydrogen-bond acceptors (Lipinski definition) is 1. The first-order chi connectivity index (χ1) is 8.91. The Morgan fingerprint density at radius 1 is 1.21 bits per heavy atom. The van der Waals surface area contributed by atoms with E-state index in [4.69, 9.17) is 0 Å². The van der Waals surface area contributed by atoms with Crippen LogP contribution in [0, 0.1) is 26.2 Å². The summed E-state index contributed by atoms with van der Waals surface area (Å²) in [5.74, 6) is 0. The molecule has 1 unspecified atom stereocenters. The maximum atomic E-state index is 4.04. The molecule has 0 radical (unpaired) electrons. The number of benzene rings is 1. The average Bonchev–Trinajstić information content (AvgIpc) is 2.34. The van der Waals surface area contributed by atoms with Crippen molar-refractivity contribution < 1.29 is 0 Å². The lowest BCUT2D eigenvalue weighted by Gasteiger charge is -2.28. The zero-order valence-electron chi connectivity index (χ0n) is 13.3. The first kappa shape index (κ1) is 16.0. The second-order valence-electron chi connectivity index (χ2n) is 6.09. The molecule has 0 aromatic heterocycles. The molecule has 0 spiro atoms. The summed E-state index contributed by atoms with van der Waals surface area (Å²) in [6.45, 7) is 17.2. The maximum Gasteiger partial charge on any atom is 0.00430 e. The molecule has 19 heavy (non-hydrogen) atoms. The topological polar surface area (TPSA) is 12.0 Å². The lowest BCUT2D eigenvalue weighted by molar-refractivity contribution is 0.390. The van der Waals surface area contributed by atoms with Crippen molar-refractivity contribution in [2.45, 2.75) is 47.5 Å². The van der Waals surface area contributed by atoms with E-state index in [2.05, 4.69) is 64.7 Å². The summed E-state index contributed by atoms with van der Waals surface area (Å²) in [6, 6.07) is 4.57. The van der Waals surface area contributed by atoms with Gasteiger partial charge in [-0.1, -0.05) is 37.6 Å². The Kier molecular flexibility index (Phi) is 5.81. The van der Waals surface area contributed by atoms with E-state index >= 15 is 0 Å². The van der Waals surface area contributed by atoms with Crippen LogP contribution >= 0.6 is 0 Å². The van der Waals surface area contributed by atoms with Crippen LogP contribution in [-0.4, -0.2) is 13.1 Å². The van der Waals surface area contributed by atoms with Crippen molar-refractivity contribution in [3.63, 3.8) is 0 Å². The molecule has 1 N–H and O–H groups in total. The molecule has 0 aliphatic carbocycles. The highest BCUT2D eigenvalue weighted by atomic mass is 14.9. The highest BCUT2D eigenvalue weighted by Gasteiger charge is 2.22. The minimum absolute atomic E-state index is 0.125. The van der Waals surface area contributed by atoms with Gasteiger partial charge in [0.1, 0.15) is 0 Å². The minimum atomic E-state index is 0.125. The standard InChI is InChI=1S/C18H29N/c1-7-9-19-13-18(6,8-2)12-17-15(4)10-14(3)11-16(17)5/h8,10-11,19H,2,7,9,12-13H2,1,3-6H3. The van der Waals surface area contributed by atoms with E-state index in [1.807, 2.05) is 0 Å². The van der Waals surface area contributed by atoms with Crippen molar-refractivity contribution >= 4 is 0 Å². The van der Waals surface area contributed by atoms with E-state index in [1.54, 1.807) is 0 Å². The van der Waals surface area contributed by atoms with Crippen LogP contribution in [0.3, 0.4) is 0 Å². The highest BCUT2D eigenvalue weighted by Crippen LogP contribution is 2.27. The van der Waals surface area contributed by atoms with Crippen LogP contribution in [0.2, 0.25) is 0 Å². The molecule has 1 rings (SSSR count). The first-order valence-corrected chi connectivity index (χ1v) is 7.33. The molecule has 1 atom stereocenters. The maximum absolute atomic E-state index is 4.04.